The average molecular weight is 394 g/mol. The van der Waals surface area contributed by atoms with Crippen molar-refractivity contribution >= 4 is 5.97 Å². The van der Waals surface area contributed by atoms with Crippen molar-refractivity contribution in [1.82, 2.24) is 5.32 Å². The number of rotatable bonds is 22. The van der Waals surface area contributed by atoms with Crippen LogP contribution in [-0.4, -0.2) is 92.2 Å². The van der Waals surface area contributed by atoms with Crippen molar-refractivity contribution in [3.63, 3.8) is 0 Å². The van der Waals surface area contributed by atoms with Gasteiger partial charge in [0.1, 0.15) is 6.61 Å². The Hall–Kier alpha value is -0.770. The molecule has 0 radical (unpaired) electrons. The number of carbonyl (C=O) groups excluding carboxylic acids is 1. The van der Waals surface area contributed by atoms with Crippen molar-refractivity contribution in [3.05, 3.63) is 0 Å². The van der Waals surface area contributed by atoms with Crippen LogP contribution in [0.25, 0.3) is 0 Å². The van der Waals surface area contributed by atoms with Crippen LogP contribution >= 0.6 is 0 Å². The quantitative estimate of drug-likeness (QED) is 0.218. The fourth-order valence-electron chi connectivity index (χ4n) is 1.96. The van der Waals surface area contributed by atoms with Gasteiger partial charge in [-0.05, 0) is 13.5 Å². The molecule has 0 aliphatic heterocycles. The third-order valence-corrected chi connectivity index (χ3v) is 3.46. The average Bonchev–Trinajstić information content (AvgIpc) is 2.67. The molecular formula is C19H39NO7. The molecule has 0 aromatic heterocycles. The van der Waals surface area contributed by atoms with Gasteiger partial charge in [0, 0.05) is 13.0 Å². The van der Waals surface area contributed by atoms with Crippen molar-refractivity contribution in [2.24, 2.45) is 0 Å². The minimum atomic E-state index is -0.147. The van der Waals surface area contributed by atoms with Gasteiger partial charge in [-0.3, -0.25) is 4.79 Å². The Bertz CT molecular complexity index is 306. The van der Waals surface area contributed by atoms with Crippen molar-refractivity contribution in [2.45, 2.75) is 32.6 Å². The van der Waals surface area contributed by atoms with E-state index in [2.05, 4.69) is 12.2 Å². The SMILES string of the molecule is CCCCCC(=O)OCCOCCOCCOCCOCCOCCNC. The predicted molar refractivity (Wildman–Crippen MR) is 103 cm³/mol. The lowest BCUT2D eigenvalue weighted by molar-refractivity contribution is -0.145. The largest absolute Gasteiger partial charge is 0.463 e. The first-order chi connectivity index (χ1) is 13.3. The predicted octanol–water partition coefficient (Wildman–Crippen LogP) is 1.41. The molecule has 0 aromatic carbocycles. The third kappa shape index (κ3) is 23.2. The lowest BCUT2D eigenvalue weighted by Gasteiger charge is -2.08. The number of nitrogens with one attached hydrogen (secondary N) is 1. The van der Waals surface area contributed by atoms with Crippen molar-refractivity contribution in [3.8, 4) is 0 Å². The maximum Gasteiger partial charge on any atom is 0.305 e. The van der Waals surface area contributed by atoms with E-state index < -0.39 is 0 Å². The summed E-state index contributed by atoms with van der Waals surface area (Å²) in [4.78, 5) is 11.4. The molecule has 0 unspecified atom stereocenters. The van der Waals surface area contributed by atoms with Gasteiger partial charge in [0.2, 0.25) is 0 Å². The van der Waals surface area contributed by atoms with E-state index in [1.807, 2.05) is 7.05 Å². The lowest BCUT2D eigenvalue weighted by atomic mass is 10.2. The summed E-state index contributed by atoms with van der Waals surface area (Å²) in [6.45, 7) is 8.63. The second kappa shape index (κ2) is 23.3. The first-order valence-corrected chi connectivity index (χ1v) is 10.00. The number of esters is 1. The molecule has 0 aliphatic rings. The Balaban J connectivity index is 3.06. The summed E-state index contributed by atoms with van der Waals surface area (Å²) in [5.74, 6) is -0.147. The Labute approximate surface area is 164 Å². The summed E-state index contributed by atoms with van der Waals surface area (Å²) in [6, 6.07) is 0. The number of likely N-dealkylation sites (N-methyl/N-ethyl adjacent to an activating group) is 1. The highest BCUT2D eigenvalue weighted by atomic mass is 16.6. The van der Waals surface area contributed by atoms with E-state index in [9.17, 15) is 4.79 Å². The Kier molecular flexibility index (Phi) is 22.6. The molecule has 0 atom stereocenters. The topological polar surface area (TPSA) is 84.5 Å². The molecule has 1 N–H and O–H groups in total. The van der Waals surface area contributed by atoms with Gasteiger partial charge in [0.15, 0.2) is 0 Å². The molecule has 0 amide bonds. The first-order valence-electron chi connectivity index (χ1n) is 10.00. The van der Waals surface area contributed by atoms with Gasteiger partial charge in [-0.1, -0.05) is 19.8 Å². The zero-order valence-electron chi connectivity index (χ0n) is 17.2. The minimum Gasteiger partial charge on any atom is -0.463 e. The highest BCUT2D eigenvalue weighted by Crippen LogP contribution is 2.00. The standard InChI is InChI=1S/C19H39NO7/c1-3-4-5-6-19(21)27-18-17-26-16-15-25-14-13-24-12-11-23-10-9-22-8-7-20-2/h20H,3-18H2,1-2H3. The van der Waals surface area contributed by atoms with Crippen molar-refractivity contribution in [2.75, 3.05) is 86.3 Å². The van der Waals surface area contributed by atoms with Gasteiger partial charge in [-0.15, -0.1) is 0 Å². The van der Waals surface area contributed by atoms with E-state index in [0.29, 0.717) is 79.1 Å². The molecule has 0 aliphatic carbocycles. The molecule has 8 nitrogen and oxygen atoms in total. The molecular weight excluding hydrogens is 354 g/mol. The van der Waals surface area contributed by atoms with E-state index >= 15 is 0 Å². The van der Waals surface area contributed by atoms with Gasteiger partial charge in [0.05, 0.1) is 66.1 Å². The number of ether oxygens (including phenoxy) is 6. The Morgan fingerprint density at radius 1 is 0.667 bits per heavy atom. The highest BCUT2D eigenvalue weighted by molar-refractivity contribution is 5.69. The highest BCUT2D eigenvalue weighted by Gasteiger charge is 2.01. The molecule has 0 aromatic rings. The van der Waals surface area contributed by atoms with Crippen molar-refractivity contribution < 1.29 is 33.2 Å². The van der Waals surface area contributed by atoms with Gasteiger partial charge in [0.25, 0.3) is 0 Å². The van der Waals surface area contributed by atoms with Crippen LogP contribution in [-0.2, 0) is 33.2 Å². The summed E-state index contributed by atoms with van der Waals surface area (Å²) in [5.41, 5.74) is 0. The second-order valence-corrected chi connectivity index (χ2v) is 5.84. The van der Waals surface area contributed by atoms with Crippen LogP contribution in [0.15, 0.2) is 0 Å². The second-order valence-electron chi connectivity index (χ2n) is 5.84. The molecule has 0 fully saturated rings. The molecule has 0 spiro atoms. The minimum absolute atomic E-state index is 0.147. The molecule has 27 heavy (non-hydrogen) atoms. The lowest BCUT2D eigenvalue weighted by Crippen LogP contribution is -2.17. The summed E-state index contributed by atoms with van der Waals surface area (Å²) in [5, 5.41) is 3.01. The molecule has 0 rings (SSSR count). The first kappa shape index (κ1) is 26.2. The van der Waals surface area contributed by atoms with E-state index in [0.717, 1.165) is 25.8 Å². The van der Waals surface area contributed by atoms with E-state index in [1.165, 1.54) is 0 Å². The maximum absolute atomic E-state index is 11.4. The van der Waals surface area contributed by atoms with E-state index in [4.69, 9.17) is 28.4 Å². The zero-order chi connectivity index (χ0) is 19.8. The fraction of sp³-hybridized carbons (Fsp3) is 0.947. The van der Waals surface area contributed by atoms with Crippen LogP contribution < -0.4 is 5.32 Å². The van der Waals surface area contributed by atoms with E-state index in [1.54, 1.807) is 0 Å². The third-order valence-electron chi connectivity index (χ3n) is 3.46. The Morgan fingerprint density at radius 3 is 1.56 bits per heavy atom. The van der Waals surface area contributed by atoms with Crippen LogP contribution in [0, 0.1) is 0 Å². The normalized spacial score (nSPS) is 11.0. The molecule has 162 valence electrons. The van der Waals surface area contributed by atoms with Gasteiger partial charge >= 0.3 is 5.97 Å². The van der Waals surface area contributed by atoms with Crippen LogP contribution in [0.2, 0.25) is 0 Å². The van der Waals surface area contributed by atoms with Crippen molar-refractivity contribution in [1.29, 1.82) is 0 Å². The molecule has 0 bridgehead atoms. The van der Waals surface area contributed by atoms with Crippen LogP contribution in [0.1, 0.15) is 32.6 Å². The summed E-state index contributed by atoms with van der Waals surface area (Å²) < 4.78 is 31.9. The molecule has 8 heteroatoms. The molecule has 0 saturated heterocycles. The van der Waals surface area contributed by atoms with Gasteiger partial charge < -0.3 is 33.7 Å². The van der Waals surface area contributed by atoms with Crippen LogP contribution in [0.5, 0.6) is 0 Å². The molecule has 0 heterocycles. The monoisotopic (exact) mass is 393 g/mol. The van der Waals surface area contributed by atoms with Gasteiger partial charge in [-0.25, -0.2) is 0 Å². The summed E-state index contributed by atoms with van der Waals surface area (Å²) in [6.07, 6.45) is 3.55. The number of hydrogen-bond donors (Lipinski definition) is 1. The molecule has 0 saturated carbocycles. The van der Waals surface area contributed by atoms with Crippen LogP contribution in [0.3, 0.4) is 0 Å². The Morgan fingerprint density at radius 2 is 1.11 bits per heavy atom. The van der Waals surface area contributed by atoms with Gasteiger partial charge in [-0.2, -0.15) is 0 Å². The fourth-order valence-corrected chi connectivity index (χ4v) is 1.96. The zero-order valence-corrected chi connectivity index (χ0v) is 17.2. The summed E-state index contributed by atoms with van der Waals surface area (Å²) >= 11 is 0. The smallest absolute Gasteiger partial charge is 0.305 e. The number of carbonyl (C=O) groups is 1. The van der Waals surface area contributed by atoms with Crippen LogP contribution in [0.4, 0.5) is 0 Å². The van der Waals surface area contributed by atoms with E-state index in [-0.39, 0.29) is 5.97 Å². The maximum atomic E-state index is 11.4. The summed E-state index contributed by atoms with van der Waals surface area (Å²) in [7, 11) is 1.89. The number of unbranched alkanes of at least 4 members (excludes halogenated alkanes) is 2. The number of hydrogen-bond acceptors (Lipinski definition) is 8.